The number of hydrogen-bond donors (Lipinski definition) is 5. The summed E-state index contributed by atoms with van der Waals surface area (Å²) in [4.78, 5) is 24.4. The Morgan fingerprint density at radius 1 is 1.43 bits per heavy atom. The fourth-order valence-corrected chi connectivity index (χ4v) is 1.46. The van der Waals surface area contributed by atoms with Gasteiger partial charge in [-0.3, -0.25) is 9.59 Å². The summed E-state index contributed by atoms with van der Waals surface area (Å²) in [5, 5.41) is 28.0. The highest BCUT2D eigenvalue weighted by molar-refractivity contribution is 5.74. The molecule has 0 radical (unpaired) electrons. The van der Waals surface area contributed by atoms with Gasteiger partial charge in [-0.25, -0.2) is 4.98 Å². The van der Waals surface area contributed by atoms with Crippen molar-refractivity contribution in [1.29, 1.82) is 0 Å². The lowest BCUT2D eigenvalue weighted by molar-refractivity contribution is -0.142. The van der Waals surface area contributed by atoms with Gasteiger partial charge in [-0.2, -0.15) is 0 Å². The lowest BCUT2D eigenvalue weighted by Gasteiger charge is -2.12. The van der Waals surface area contributed by atoms with E-state index in [0.717, 1.165) is 5.69 Å². The molecule has 0 saturated heterocycles. The third-order valence-corrected chi connectivity index (χ3v) is 2.72. The lowest BCUT2D eigenvalue weighted by atomic mass is 10.2. The van der Waals surface area contributed by atoms with Crippen molar-refractivity contribution in [2.45, 2.75) is 31.5 Å². The molecule has 1 heterocycles. The van der Waals surface area contributed by atoms with Crippen molar-refractivity contribution in [3.63, 3.8) is 0 Å². The fraction of sp³-hybridized carbons (Fsp3) is 0.583. The minimum Gasteiger partial charge on any atom is -0.480 e. The van der Waals surface area contributed by atoms with Crippen LogP contribution in [0.2, 0.25) is 0 Å². The Hall–Kier alpha value is -1.97. The molecule has 1 aromatic heterocycles. The van der Waals surface area contributed by atoms with Crippen molar-refractivity contribution in [2.75, 3.05) is 7.05 Å². The highest BCUT2D eigenvalue weighted by Crippen LogP contribution is 1.99. The average Bonchev–Trinajstić information content (AvgIpc) is 2.75. The largest absolute Gasteiger partial charge is 0.480 e. The number of aromatic nitrogens is 2. The van der Waals surface area contributed by atoms with Crippen LogP contribution >= 0.6 is 0 Å². The Balaban J connectivity index is 0.000000400. The molecule has 0 aliphatic heterocycles. The quantitative estimate of drug-likeness (QED) is 0.422. The van der Waals surface area contributed by atoms with Gasteiger partial charge in [0.2, 0.25) is 0 Å². The van der Waals surface area contributed by atoms with E-state index >= 15 is 0 Å². The number of carbonyl (C=O) groups is 2. The molecule has 120 valence electrons. The molecule has 0 aromatic carbocycles. The number of aliphatic hydroxyl groups excluding tert-OH is 1. The first-order chi connectivity index (χ1) is 9.70. The fourth-order valence-electron chi connectivity index (χ4n) is 1.46. The minimum absolute atomic E-state index is 0.311. The molecule has 1 rings (SSSR count). The first kappa shape index (κ1) is 19.0. The third-order valence-electron chi connectivity index (χ3n) is 2.72. The average molecular weight is 302 g/mol. The first-order valence-electron chi connectivity index (χ1n) is 6.22. The van der Waals surface area contributed by atoms with Gasteiger partial charge in [0, 0.05) is 25.4 Å². The second-order valence-electron chi connectivity index (χ2n) is 4.49. The Labute approximate surface area is 122 Å². The van der Waals surface area contributed by atoms with E-state index in [9.17, 15) is 9.59 Å². The second kappa shape index (κ2) is 9.06. The van der Waals surface area contributed by atoms with E-state index in [1.165, 1.54) is 14.0 Å². The van der Waals surface area contributed by atoms with E-state index in [1.54, 1.807) is 24.1 Å². The summed E-state index contributed by atoms with van der Waals surface area (Å²) in [7, 11) is 3.29. The van der Waals surface area contributed by atoms with Crippen molar-refractivity contribution in [2.24, 2.45) is 12.8 Å². The van der Waals surface area contributed by atoms with Crippen LogP contribution in [0.4, 0.5) is 0 Å². The maximum Gasteiger partial charge on any atom is 0.323 e. The number of hydrogen-bond acceptors (Lipinski definition) is 6. The van der Waals surface area contributed by atoms with Gasteiger partial charge in [-0.15, -0.1) is 0 Å². The number of nitrogens with two attached hydrogens (primary N) is 1. The monoisotopic (exact) mass is 302 g/mol. The van der Waals surface area contributed by atoms with Crippen molar-refractivity contribution in [1.82, 2.24) is 14.9 Å². The Morgan fingerprint density at radius 3 is 2.24 bits per heavy atom. The van der Waals surface area contributed by atoms with Gasteiger partial charge in [-0.05, 0) is 14.0 Å². The maximum atomic E-state index is 10.4. The minimum atomic E-state index is -1.03. The summed E-state index contributed by atoms with van der Waals surface area (Å²) < 4.78 is 1.75. The van der Waals surface area contributed by atoms with Crippen LogP contribution in [-0.4, -0.2) is 62.0 Å². The van der Waals surface area contributed by atoms with Gasteiger partial charge in [0.15, 0.2) is 0 Å². The van der Waals surface area contributed by atoms with E-state index in [0.29, 0.717) is 6.42 Å². The molecule has 0 bridgehead atoms. The zero-order chi connectivity index (χ0) is 16.6. The summed E-state index contributed by atoms with van der Waals surface area (Å²) in [6.07, 6.45) is 2.69. The number of aliphatic carboxylic acids is 2. The van der Waals surface area contributed by atoms with Crippen molar-refractivity contribution in [3.05, 3.63) is 18.2 Å². The molecule has 9 heteroatoms. The highest BCUT2D eigenvalue weighted by Gasteiger charge is 2.19. The Bertz CT molecular complexity index is 460. The van der Waals surface area contributed by atoms with E-state index in [4.69, 9.17) is 21.1 Å². The molecule has 0 spiro atoms. The van der Waals surface area contributed by atoms with E-state index in [1.807, 2.05) is 0 Å². The van der Waals surface area contributed by atoms with Crippen molar-refractivity contribution in [3.8, 4) is 0 Å². The molecule has 21 heavy (non-hydrogen) atoms. The predicted octanol–water partition coefficient (Wildman–Crippen LogP) is -1.59. The van der Waals surface area contributed by atoms with Crippen LogP contribution < -0.4 is 11.1 Å². The van der Waals surface area contributed by atoms with Crippen LogP contribution in [0.15, 0.2) is 12.5 Å². The van der Waals surface area contributed by atoms with Gasteiger partial charge in [0.1, 0.15) is 12.1 Å². The zero-order valence-electron chi connectivity index (χ0n) is 12.2. The third kappa shape index (κ3) is 6.84. The number of nitrogens with one attached hydrogen (secondary N) is 1. The molecule has 1 aromatic rings. The molecule has 6 N–H and O–H groups in total. The number of rotatable bonds is 6. The zero-order valence-corrected chi connectivity index (χ0v) is 12.2. The predicted molar refractivity (Wildman–Crippen MR) is 74.7 cm³/mol. The number of aryl methyl sites for hydroxylation is 1. The number of imidazole rings is 1. The number of aliphatic hydroxyl groups is 1. The van der Waals surface area contributed by atoms with Gasteiger partial charge in [-0.1, -0.05) is 0 Å². The molecule has 0 aliphatic carbocycles. The van der Waals surface area contributed by atoms with Crippen LogP contribution in [0.25, 0.3) is 0 Å². The van der Waals surface area contributed by atoms with Crippen LogP contribution in [0.3, 0.4) is 0 Å². The SMILES string of the molecule is CNC(C(=O)O)C(C)O.Cn1cncc1CC(N)C(=O)O. The van der Waals surface area contributed by atoms with Gasteiger partial charge >= 0.3 is 11.9 Å². The molecular formula is C12H22N4O5. The molecule has 3 atom stereocenters. The Kier molecular flexibility index (Phi) is 8.21. The van der Waals surface area contributed by atoms with Crippen LogP contribution in [-0.2, 0) is 23.1 Å². The highest BCUT2D eigenvalue weighted by atomic mass is 16.4. The lowest BCUT2D eigenvalue weighted by Crippen LogP contribution is -2.42. The van der Waals surface area contributed by atoms with Crippen molar-refractivity contribution < 1.29 is 24.9 Å². The summed E-state index contributed by atoms with van der Waals surface area (Å²) in [6.45, 7) is 1.43. The van der Waals surface area contributed by atoms with Crippen LogP contribution in [0, 0.1) is 0 Å². The number of carboxylic acid groups (broad SMARTS) is 2. The molecule has 0 aliphatic rings. The summed E-state index contributed by atoms with van der Waals surface area (Å²) in [5.41, 5.74) is 6.16. The van der Waals surface area contributed by atoms with Crippen molar-refractivity contribution >= 4 is 11.9 Å². The normalized spacial score (nSPS) is 14.5. The number of nitrogens with zero attached hydrogens (tertiary/aromatic N) is 2. The summed E-state index contributed by atoms with van der Waals surface area (Å²) >= 11 is 0. The van der Waals surface area contributed by atoms with E-state index in [2.05, 4.69) is 10.3 Å². The molecular weight excluding hydrogens is 280 g/mol. The number of likely N-dealkylation sites (N-methyl/N-ethyl adjacent to an activating group) is 1. The smallest absolute Gasteiger partial charge is 0.323 e. The first-order valence-corrected chi connectivity index (χ1v) is 6.22. The number of carboxylic acids is 2. The van der Waals surface area contributed by atoms with Gasteiger partial charge in [0.05, 0.1) is 12.4 Å². The molecule has 0 amide bonds. The topological polar surface area (TPSA) is 151 Å². The second-order valence-corrected chi connectivity index (χ2v) is 4.49. The molecule has 0 fully saturated rings. The molecule has 0 saturated carbocycles. The van der Waals surface area contributed by atoms with Crippen LogP contribution in [0.5, 0.6) is 0 Å². The van der Waals surface area contributed by atoms with Gasteiger partial charge < -0.3 is 30.9 Å². The van der Waals surface area contributed by atoms with Gasteiger partial charge in [0.25, 0.3) is 0 Å². The Morgan fingerprint density at radius 2 is 2.00 bits per heavy atom. The molecule has 3 unspecified atom stereocenters. The van der Waals surface area contributed by atoms with Crippen LogP contribution in [0.1, 0.15) is 12.6 Å². The maximum absolute atomic E-state index is 10.4. The van der Waals surface area contributed by atoms with E-state index in [-0.39, 0.29) is 0 Å². The van der Waals surface area contributed by atoms with E-state index < -0.39 is 30.1 Å². The molecule has 9 nitrogen and oxygen atoms in total. The summed E-state index contributed by atoms with van der Waals surface area (Å²) in [6, 6.07) is -1.70. The standard InChI is InChI=1S/C7H11N3O2.C5H11NO3/c1-10-4-9-3-5(10)2-6(8)7(11)12;1-3(7)4(6-2)5(8)9/h3-4,6H,2,8H2,1H3,(H,11,12);3-4,6-7H,1-2H3,(H,8,9). The summed E-state index contributed by atoms with van der Waals surface area (Å²) in [5.74, 6) is -2.02.